The number of aliphatic hydroxyl groups excluding tert-OH is 1. The average molecular weight is 561 g/mol. The number of allylic oxidation sites excluding steroid dienone is 1. The van der Waals surface area contributed by atoms with E-state index < -0.39 is 28.7 Å². The second-order valence-corrected chi connectivity index (χ2v) is 12.8. The van der Waals surface area contributed by atoms with E-state index >= 15 is 0 Å². The first-order valence-corrected chi connectivity index (χ1v) is 15.2. The molecular formula is C32H36N2O5S. The van der Waals surface area contributed by atoms with Gasteiger partial charge in [0.05, 0.1) is 35.8 Å². The lowest BCUT2D eigenvalue weighted by molar-refractivity contribution is -0.153. The maximum Gasteiger partial charge on any atom is 0.311 e. The zero-order valence-corrected chi connectivity index (χ0v) is 23.8. The van der Waals surface area contributed by atoms with E-state index in [4.69, 9.17) is 4.74 Å². The molecule has 4 aliphatic rings. The minimum Gasteiger partial charge on any atom is -0.465 e. The Hall–Kier alpha value is -3.10. The number of likely N-dealkylation sites (tertiary alicyclic amines) is 1. The molecule has 7 nitrogen and oxygen atoms in total. The van der Waals surface area contributed by atoms with Crippen LogP contribution in [0.15, 0.2) is 66.8 Å². The number of amides is 2. The molecule has 0 radical (unpaired) electrons. The molecule has 40 heavy (non-hydrogen) atoms. The van der Waals surface area contributed by atoms with Crippen LogP contribution in [0.3, 0.4) is 0 Å². The van der Waals surface area contributed by atoms with Crippen LogP contribution in [0.5, 0.6) is 0 Å². The number of esters is 1. The number of cyclic esters (lactones) is 1. The fourth-order valence-corrected chi connectivity index (χ4v) is 8.93. The molecule has 0 aromatic heterocycles. The number of aliphatic hydroxyl groups is 1. The van der Waals surface area contributed by atoms with Gasteiger partial charge in [0, 0.05) is 17.5 Å². The Balaban J connectivity index is 1.49. The Morgan fingerprint density at radius 1 is 1.10 bits per heavy atom. The van der Waals surface area contributed by atoms with Crippen LogP contribution in [0.1, 0.15) is 33.1 Å². The summed E-state index contributed by atoms with van der Waals surface area (Å²) in [7, 11) is 0. The van der Waals surface area contributed by atoms with Crippen molar-refractivity contribution in [2.45, 2.75) is 55.2 Å². The van der Waals surface area contributed by atoms with Crippen LogP contribution >= 0.6 is 11.8 Å². The van der Waals surface area contributed by atoms with Gasteiger partial charge in [0.25, 0.3) is 5.91 Å². The Bertz CT molecular complexity index is 1390. The molecule has 8 heteroatoms. The van der Waals surface area contributed by atoms with E-state index in [0.717, 1.165) is 35.7 Å². The lowest BCUT2D eigenvalue weighted by atomic mass is 9.78. The number of ether oxygens (including phenoxy) is 1. The molecule has 2 aromatic rings. The molecular weight excluding hydrogens is 524 g/mol. The van der Waals surface area contributed by atoms with Crippen LogP contribution in [-0.4, -0.2) is 69.6 Å². The van der Waals surface area contributed by atoms with Gasteiger partial charge >= 0.3 is 5.97 Å². The number of carbonyl (C=O) groups excluding carboxylic acids is 3. The van der Waals surface area contributed by atoms with Gasteiger partial charge in [-0.3, -0.25) is 14.4 Å². The first-order chi connectivity index (χ1) is 19.4. The van der Waals surface area contributed by atoms with Crippen molar-refractivity contribution < 1.29 is 24.2 Å². The van der Waals surface area contributed by atoms with Gasteiger partial charge in [-0.15, -0.1) is 11.8 Å². The van der Waals surface area contributed by atoms with Crippen molar-refractivity contribution in [3.63, 3.8) is 0 Å². The normalized spacial score (nSPS) is 32.3. The van der Waals surface area contributed by atoms with E-state index in [1.54, 1.807) is 9.80 Å². The summed E-state index contributed by atoms with van der Waals surface area (Å²) < 4.78 is 4.71. The minimum absolute atomic E-state index is 0.0350. The van der Waals surface area contributed by atoms with Gasteiger partial charge in [0.2, 0.25) is 5.91 Å². The fourth-order valence-electron chi connectivity index (χ4n) is 6.94. The van der Waals surface area contributed by atoms with Crippen molar-refractivity contribution in [3.8, 4) is 0 Å². The van der Waals surface area contributed by atoms with E-state index in [-0.39, 0.29) is 35.6 Å². The average Bonchev–Trinajstić information content (AvgIpc) is 3.38. The Morgan fingerprint density at radius 2 is 1.90 bits per heavy atom. The number of hydrogen-bond donors (Lipinski definition) is 1. The summed E-state index contributed by atoms with van der Waals surface area (Å²) in [5.41, 5.74) is 0.759. The molecule has 1 unspecified atom stereocenters. The molecule has 0 bridgehead atoms. The quantitative estimate of drug-likeness (QED) is 0.433. The molecule has 0 aliphatic carbocycles. The second-order valence-electron chi connectivity index (χ2n) is 11.3. The fraction of sp³-hybridized carbons (Fsp3) is 0.469. The van der Waals surface area contributed by atoms with Crippen molar-refractivity contribution in [3.05, 3.63) is 66.8 Å². The molecule has 1 N–H and O–H groups in total. The molecule has 2 fully saturated rings. The lowest BCUT2D eigenvalue weighted by Crippen LogP contribution is -2.58. The highest BCUT2D eigenvalue weighted by molar-refractivity contribution is 8.02. The predicted octanol–water partition coefficient (Wildman–Crippen LogP) is 4.34. The van der Waals surface area contributed by atoms with Crippen LogP contribution in [0, 0.1) is 17.8 Å². The number of thioether (sulfide) groups is 1. The van der Waals surface area contributed by atoms with Crippen LogP contribution in [0.2, 0.25) is 0 Å². The van der Waals surface area contributed by atoms with Gasteiger partial charge in [0.15, 0.2) is 0 Å². The van der Waals surface area contributed by atoms with Gasteiger partial charge in [-0.2, -0.15) is 0 Å². The van der Waals surface area contributed by atoms with Crippen molar-refractivity contribution in [2.75, 3.05) is 24.7 Å². The van der Waals surface area contributed by atoms with E-state index in [0.29, 0.717) is 13.2 Å². The Labute approximate surface area is 239 Å². The molecule has 6 rings (SSSR count). The number of rotatable bonds is 5. The number of fused-ring (bicyclic) bond motifs is 3. The molecule has 2 saturated heterocycles. The molecule has 2 aromatic carbocycles. The summed E-state index contributed by atoms with van der Waals surface area (Å²) in [6.45, 7) is 4.43. The number of benzene rings is 2. The molecule has 4 heterocycles. The number of anilines is 1. The third kappa shape index (κ3) is 4.18. The monoisotopic (exact) mass is 560 g/mol. The Morgan fingerprint density at radius 3 is 2.67 bits per heavy atom. The van der Waals surface area contributed by atoms with E-state index in [2.05, 4.69) is 6.08 Å². The van der Waals surface area contributed by atoms with Gasteiger partial charge in [-0.1, -0.05) is 74.9 Å². The third-order valence-corrected chi connectivity index (χ3v) is 10.9. The van der Waals surface area contributed by atoms with Crippen LogP contribution in [0.4, 0.5) is 5.69 Å². The zero-order chi connectivity index (χ0) is 28.0. The first kappa shape index (κ1) is 27.1. The summed E-state index contributed by atoms with van der Waals surface area (Å²) in [6, 6.07) is 12.6. The first-order valence-electron chi connectivity index (χ1n) is 14.3. The van der Waals surface area contributed by atoms with Gasteiger partial charge in [-0.05, 0) is 41.7 Å². The maximum absolute atomic E-state index is 14.7. The zero-order valence-electron chi connectivity index (χ0n) is 22.9. The predicted molar refractivity (Wildman–Crippen MR) is 157 cm³/mol. The summed E-state index contributed by atoms with van der Waals surface area (Å²) in [4.78, 5) is 46.1. The van der Waals surface area contributed by atoms with Crippen molar-refractivity contribution >= 4 is 46.0 Å². The summed E-state index contributed by atoms with van der Waals surface area (Å²) in [5.74, 6) is -2.29. The van der Waals surface area contributed by atoms with E-state index in [1.165, 1.54) is 11.8 Å². The van der Waals surface area contributed by atoms with Crippen molar-refractivity contribution in [1.82, 2.24) is 4.90 Å². The van der Waals surface area contributed by atoms with Gasteiger partial charge < -0.3 is 19.6 Å². The van der Waals surface area contributed by atoms with Gasteiger partial charge in [0.1, 0.15) is 6.04 Å². The molecule has 0 saturated carbocycles. The summed E-state index contributed by atoms with van der Waals surface area (Å²) in [5, 5.41) is 12.4. The number of carbonyl (C=O) groups is 3. The minimum atomic E-state index is -0.946. The highest BCUT2D eigenvalue weighted by atomic mass is 32.2. The molecule has 210 valence electrons. The highest BCUT2D eigenvalue weighted by Crippen LogP contribution is 2.61. The summed E-state index contributed by atoms with van der Waals surface area (Å²) >= 11 is 1.54. The van der Waals surface area contributed by atoms with Crippen molar-refractivity contribution in [2.24, 2.45) is 17.8 Å². The highest BCUT2D eigenvalue weighted by Gasteiger charge is 2.72. The topological polar surface area (TPSA) is 87.2 Å². The van der Waals surface area contributed by atoms with Crippen LogP contribution in [-0.2, 0) is 19.1 Å². The van der Waals surface area contributed by atoms with E-state index in [1.807, 2.05) is 74.5 Å². The molecule has 7 atom stereocenters. The molecule has 1 spiro atoms. The number of hydrogen-bond acceptors (Lipinski definition) is 6. The Kier molecular flexibility index (Phi) is 7.25. The molecule has 4 aliphatic heterocycles. The van der Waals surface area contributed by atoms with E-state index in [9.17, 15) is 19.5 Å². The largest absolute Gasteiger partial charge is 0.465 e. The number of nitrogens with zero attached hydrogens (tertiary/aromatic N) is 2. The standard InChI is InChI=1S/C32H36N2O5S/c1-3-20(2)24(19-35)34-28-30(37)33(23-14-13-21-10-6-7-11-22(21)18-23)16-9-15-32(28)27(29(34)36)26-25(40-32)12-5-4-8-17-39-31(26)38/h5-7,9-15,18,20,24-28,35H,3-4,8,16-17,19H2,1-2H3/b12-5-/t20-,24-,25-,26+,27-,28?,32-/m0/s1. The second kappa shape index (κ2) is 10.7. The summed E-state index contributed by atoms with van der Waals surface area (Å²) in [6.07, 6.45) is 10.4. The van der Waals surface area contributed by atoms with Gasteiger partial charge in [-0.25, -0.2) is 0 Å². The smallest absolute Gasteiger partial charge is 0.311 e. The lowest BCUT2D eigenvalue weighted by Gasteiger charge is -2.40. The van der Waals surface area contributed by atoms with Crippen LogP contribution in [0.25, 0.3) is 10.8 Å². The SMILES string of the molecule is CC[C@H](C)[C@H](CO)N1C(=O)[C@@H]2[C@@H]3C(=O)OCCC/C=C\[C@@H]3S[C@@]23C=CCN(c2ccc4ccccc4c2)C(=O)C13. The molecule has 2 amide bonds. The third-order valence-electron chi connectivity index (χ3n) is 9.18. The maximum atomic E-state index is 14.7. The van der Waals surface area contributed by atoms with Crippen LogP contribution < -0.4 is 4.90 Å². The van der Waals surface area contributed by atoms with Crippen molar-refractivity contribution in [1.29, 1.82) is 0 Å².